The number of halogens is 3. The van der Waals surface area contributed by atoms with Crippen LogP contribution in [0.5, 0.6) is 11.5 Å². The van der Waals surface area contributed by atoms with E-state index < -0.39 is 22.7 Å². The summed E-state index contributed by atoms with van der Waals surface area (Å²) in [6, 6.07) is 19.0. The molecule has 0 saturated heterocycles. The Labute approximate surface area is 230 Å². The van der Waals surface area contributed by atoms with Crippen LogP contribution in [0.2, 0.25) is 0 Å². The molecule has 0 unspecified atom stereocenters. The predicted molar refractivity (Wildman–Crippen MR) is 143 cm³/mol. The van der Waals surface area contributed by atoms with E-state index in [0.29, 0.717) is 22.2 Å². The third-order valence-corrected chi connectivity index (χ3v) is 6.70. The lowest BCUT2D eigenvalue weighted by molar-refractivity contribution is -0.384. The number of benzene rings is 3. The number of fused-ring (bicyclic) bond motifs is 4. The van der Waals surface area contributed by atoms with Crippen molar-refractivity contribution in [1.82, 2.24) is 14.6 Å². The largest absolute Gasteiger partial charge is 0.457 e. The van der Waals surface area contributed by atoms with Crippen molar-refractivity contribution in [3.8, 4) is 22.8 Å². The smallest absolute Gasteiger partial charge is 0.433 e. The Kier molecular flexibility index (Phi) is 6.17. The summed E-state index contributed by atoms with van der Waals surface area (Å²) in [6.07, 6.45) is -4.24. The third-order valence-electron chi connectivity index (χ3n) is 6.70. The normalized spacial score (nSPS) is 12.5. The zero-order valence-electron chi connectivity index (χ0n) is 21.4. The fraction of sp³-hybridized carbons (Fsp3) is 0.138. The van der Waals surface area contributed by atoms with Gasteiger partial charge in [0.2, 0.25) is 0 Å². The number of nitro benzene ring substituents is 1. The maximum atomic E-state index is 14.3. The minimum absolute atomic E-state index is 0.00105. The number of aromatic nitrogens is 3. The number of anilines is 1. The number of nitrogens with zero attached hydrogens (tertiary/aromatic N) is 4. The predicted octanol–water partition coefficient (Wildman–Crippen LogP) is 6.77. The summed E-state index contributed by atoms with van der Waals surface area (Å²) in [5, 5.41) is 18.0. The summed E-state index contributed by atoms with van der Waals surface area (Å²) in [6.45, 7) is 1.86. The average Bonchev–Trinajstić information content (AvgIpc) is 3.34. The van der Waals surface area contributed by atoms with Crippen LogP contribution >= 0.6 is 0 Å². The summed E-state index contributed by atoms with van der Waals surface area (Å²) < 4.78 is 49.4. The van der Waals surface area contributed by atoms with Crippen molar-refractivity contribution < 1.29 is 27.6 Å². The molecule has 3 aromatic carbocycles. The van der Waals surface area contributed by atoms with Crippen LogP contribution in [0.3, 0.4) is 0 Å². The van der Waals surface area contributed by atoms with Crippen LogP contribution in [0.15, 0.2) is 72.8 Å². The van der Waals surface area contributed by atoms with Crippen LogP contribution in [0.4, 0.5) is 24.5 Å². The average molecular weight is 560 g/mol. The second-order valence-electron chi connectivity index (χ2n) is 9.59. The van der Waals surface area contributed by atoms with Gasteiger partial charge in [-0.2, -0.15) is 18.3 Å². The highest BCUT2D eigenvalue weighted by Crippen LogP contribution is 2.40. The molecule has 1 N–H and O–H groups in total. The quantitative estimate of drug-likeness (QED) is 0.188. The lowest BCUT2D eigenvalue weighted by atomic mass is 9.88. The van der Waals surface area contributed by atoms with E-state index in [-0.39, 0.29) is 46.1 Å². The first-order chi connectivity index (χ1) is 19.6. The molecule has 0 spiro atoms. The number of hydrogen-bond donors (Lipinski definition) is 1. The van der Waals surface area contributed by atoms with Gasteiger partial charge in [0.05, 0.1) is 22.4 Å². The molecule has 5 aromatic rings. The van der Waals surface area contributed by atoms with E-state index in [2.05, 4.69) is 15.4 Å². The van der Waals surface area contributed by atoms with Gasteiger partial charge in [-0.15, -0.1) is 0 Å². The summed E-state index contributed by atoms with van der Waals surface area (Å²) in [5.74, 6) is -0.356. The van der Waals surface area contributed by atoms with Crippen molar-refractivity contribution >= 4 is 22.9 Å². The van der Waals surface area contributed by atoms with Crippen LogP contribution in [-0.4, -0.2) is 25.4 Å². The standard InChI is InChI=1S/C29H20F3N5O4/c1-16-5-4-7-20(11-16)41-21-13-18(12-19(14-21)37(39)40)33-28(38)24-15-25-34-26-22-8-3-2-6-17(22)9-10-23(26)27(29(30,31)32)36(25)35-24/h2-8,11-15H,9-10H2,1H3,(H,33,38). The van der Waals surface area contributed by atoms with Crippen molar-refractivity contribution in [2.45, 2.75) is 25.9 Å². The number of nitro groups is 1. The molecule has 1 aliphatic rings. The second-order valence-corrected chi connectivity index (χ2v) is 9.59. The van der Waals surface area contributed by atoms with E-state index in [4.69, 9.17) is 4.74 Å². The molecule has 6 rings (SSSR count). The molecule has 1 aliphatic carbocycles. The molecule has 0 radical (unpaired) electrons. The molecule has 0 fully saturated rings. The van der Waals surface area contributed by atoms with Gasteiger partial charge in [-0.05, 0) is 43.0 Å². The maximum absolute atomic E-state index is 14.3. The number of non-ortho nitro benzene ring substituents is 1. The van der Waals surface area contributed by atoms with Crippen LogP contribution < -0.4 is 10.1 Å². The number of rotatable bonds is 5. The number of aryl methyl sites for hydroxylation is 2. The van der Waals surface area contributed by atoms with E-state index >= 15 is 0 Å². The van der Waals surface area contributed by atoms with Gasteiger partial charge in [-0.25, -0.2) is 9.50 Å². The molecular formula is C29H20F3N5O4. The molecule has 12 heteroatoms. The maximum Gasteiger partial charge on any atom is 0.433 e. The molecular weight excluding hydrogens is 539 g/mol. The summed E-state index contributed by atoms with van der Waals surface area (Å²) in [4.78, 5) is 28.5. The third kappa shape index (κ3) is 4.95. The minimum Gasteiger partial charge on any atom is -0.457 e. The first kappa shape index (κ1) is 26.0. The zero-order chi connectivity index (χ0) is 28.9. The Morgan fingerprint density at radius 3 is 2.59 bits per heavy atom. The zero-order valence-corrected chi connectivity index (χ0v) is 21.4. The summed E-state index contributed by atoms with van der Waals surface area (Å²) in [5.41, 5.74) is 0.773. The SMILES string of the molecule is Cc1cccc(Oc2cc(NC(=O)c3cc4nc5c(c(C(F)(F)F)n4n3)CCc3ccccc3-5)cc([N+](=O)[O-])c2)c1. The Morgan fingerprint density at radius 2 is 1.83 bits per heavy atom. The molecule has 2 aromatic heterocycles. The van der Waals surface area contributed by atoms with Crippen LogP contribution in [-0.2, 0) is 19.0 Å². The van der Waals surface area contributed by atoms with Crippen LogP contribution in [0, 0.1) is 17.0 Å². The molecule has 1 amide bonds. The second kappa shape index (κ2) is 9.73. The molecule has 0 atom stereocenters. The fourth-order valence-corrected chi connectivity index (χ4v) is 4.96. The number of amides is 1. The Morgan fingerprint density at radius 1 is 1.02 bits per heavy atom. The van der Waals surface area contributed by atoms with Crippen LogP contribution in [0.1, 0.15) is 32.9 Å². The summed E-state index contributed by atoms with van der Waals surface area (Å²) in [7, 11) is 0. The molecule has 0 saturated carbocycles. The topological polar surface area (TPSA) is 112 Å². The minimum atomic E-state index is -4.76. The lowest BCUT2D eigenvalue weighted by Gasteiger charge is -2.23. The van der Waals surface area contributed by atoms with Gasteiger partial charge in [0.1, 0.15) is 11.5 Å². The molecule has 9 nitrogen and oxygen atoms in total. The number of nitrogens with one attached hydrogen (secondary N) is 1. The molecule has 41 heavy (non-hydrogen) atoms. The van der Waals surface area contributed by atoms with Gasteiger partial charge >= 0.3 is 6.18 Å². The Balaban J connectivity index is 1.38. The molecule has 2 heterocycles. The van der Waals surface area contributed by atoms with E-state index in [9.17, 15) is 28.1 Å². The van der Waals surface area contributed by atoms with Gasteiger partial charge in [0.15, 0.2) is 17.0 Å². The van der Waals surface area contributed by atoms with Gasteiger partial charge in [0.25, 0.3) is 11.6 Å². The molecule has 206 valence electrons. The molecule has 0 aliphatic heterocycles. The van der Waals surface area contributed by atoms with E-state index in [1.807, 2.05) is 25.1 Å². The highest BCUT2D eigenvalue weighted by molar-refractivity contribution is 6.03. The monoisotopic (exact) mass is 559 g/mol. The number of ether oxygens (including phenoxy) is 1. The number of carbonyl (C=O) groups excluding carboxylic acids is 1. The number of hydrogen-bond acceptors (Lipinski definition) is 6. The number of carbonyl (C=O) groups is 1. The highest BCUT2D eigenvalue weighted by Gasteiger charge is 2.40. The lowest BCUT2D eigenvalue weighted by Crippen LogP contribution is -2.21. The van der Waals surface area contributed by atoms with Crippen molar-refractivity contribution in [3.63, 3.8) is 0 Å². The first-order valence-electron chi connectivity index (χ1n) is 12.5. The van der Waals surface area contributed by atoms with E-state index in [0.717, 1.165) is 23.3 Å². The van der Waals surface area contributed by atoms with Gasteiger partial charge in [-0.3, -0.25) is 14.9 Å². The molecule has 0 bridgehead atoms. The Bertz CT molecular complexity index is 1870. The van der Waals surface area contributed by atoms with E-state index in [1.54, 1.807) is 30.3 Å². The van der Waals surface area contributed by atoms with E-state index in [1.165, 1.54) is 12.1 Å². The van der Waals surface area contributed by atoms with Crippen molar-refractivity contribution in [1.29, 1.82) is 0 Å². The van der Waals surface area contributed by atoms with Crippen molar-refractivity contribution in [3.05, 3.63) is 111 Å². The van der Waals surface area contributed by atoms with Crippen molar-refractivity contribution in [2.24, 2.45) is 0 Å². The van der Waals surface area contributed by atoms with Gasteiger partial charge in [-0.1, -0.05) is 36.4 Å². The first-order valence-corrected chi connectivity index (χ1v) is 12.5. The highest BCUT2D eigenvalue weighted by atomic mass is 19.4. The van der Waals surface area contributed by atoms with Crippen molar-refractivity contribution in [2.75, 3.05) is 5.32 Å². The number of alkyl halides is 3. The Hall–Kier alpha value is -5.26. The van der Waals surface area contributed by atoms with Gasteiger partial charge in [0, 0.05) is 29.3 Å². The van der Waals surface area contributed by atoms with Gasteiger partial charge < -0.3 is 10.1 Å². The van der Waals surface area contributed by atoms with Crippen LogP contribution in [0.25, 0.3) is 16.9 Å². The fourth-order valence-electron chi connectivity index (χ4n) is 4.96. The summed E-state index contributed by atoms with van der Waals surface area (Å²) >= 11 is 0.